The van der Waals surface area contributed by atoms with Crippen LogP contribution in [-0.4, -0.2) is 30.2 Å². The van der Waals surface area contributed by atoms with Crippen LogP contribution in [0.25, 0.3) is 0 Å². The van der Waals surface area contributed by atoms with E-state index in [-0.39, 0.29) is 0 Å². The third-order valence-corrected chi connectivity index (χ3v) is 3.16. The Bertz CT molecular complexity index is 580. The maximum absolute atomic E-state index is 5.66. The van der Waals surface area contributed by atoms with Crippen LogP contribution in [-0.2, 0) is 0 Å². The molecule has 2 aromatic rings. The normalized spacial score (nSPS) is 10.5. The lowest BCUT2D eigenvalue weighted by Crippen LogP contribution is -2.23. The largest absolute Gasteiger partial charge is 0.497 e. The first kappa shape index (κ1) is 15.3. The summed E-state index contributed by atoms with van der Waals surface area (Å²) in [5.74, 6) is 1.52. The standard InChI is InChI=1S/C16H22N4O/c1-12-10-13(2)19-16(18-12)20(9-5-8-17)14-6-4-7-15(11-14)21-3/h4,6-7,10-11H,5,8-9,17H2,1-3H3. The zero-order valence-corrected chi connectivity index (χ0v) is 12.8. The minimum Gasteiger partial charge on any atom is -0.497 e. The summed E-state index contributed by atoms with van der Waals surface area (Å²) in [6, 6.07) is 9.87. The zero-order valence-electron chi connectivity index (χ0n) is 12.8. The topological polar surface area (TPSA) is 64.3 Å². The van der Waals surface area contributed by atoms with E-state index in [4.69, 9.17) is 10.5 Å². The second-order valence-electron chi connectivity index (χ2n) is 4.95. The average molecular weight is 286 g/mol. The number of rotatable bonds is 6. The van der Waals surface area contributed by atoms with Crippen molar-refractivity contribution in [2.45, 2.75) is 20.3 Å². The van der Waals surface area contributed by atoms with E-state index in [0.29, 0.717) is 12.5 Å². The predicted molar refractivity (Wildman–Crippen MR) is 85.2 cm³/mol. The fourth-order valence-electron chi connectivity index (χ4n) is 2.20. The van der Waals surface area contributed by atoms with Crippen molar-refractivity contribution in [3.63, 3.8) is 0 Å². The van der Waals surface area contributed by atoms with Crippen LogP contribution in [0.1, 0.15) is 17.8 Å². The van der Waals surface area contributed by atoms with Crippen LogP contribution in [0.15, 0.2) is 30.3 Å². The molecule has 2 rings (SSSR count). The highest BCUT2D eigenvalue weighted by atomic mass is 16.5. The minimum absolute atomic E-state index is 0.630. The van der Waals surface area contributed by atoms with E-state index < -0.39 is 0 Å². The molecule has 112 valence electrons. The van der Waals surface area contributed by atoms with Gasteiger partial charge in [-0.05, 0) is 45.0 Å². The van der Waals surface area contributed by atoms with E-state index in [2.05, 4.69) is 14.9 Å². The monoisotopic (exact) mass is 286 g/mol. The van der Waals surface area contributed by atoms with Crippen LogP contribution in [0, 0.1) is 13.8 Å². The summed E-state index contributed by atoms with van der Waals surface area (Å²) in [6.07, 6.45) is 0.869. The first-order valence-corrected chi connectivity index (χ1v) is 7.08. The Morgan fingerprint density at radius 3 is 2.48 bits per heavy atom. The lowest BCUT2D eigenvalue weighted by Gasteiger charge is -2.23. The van der Waals surface area contributed by atoms with Gasteiger partial charge in [-0.3, -0.25) is 0 Å². The molecule has 0 spiro atoms. The van der Waals surface area contributed by atoms with Gasteiger partial charge in [0, 0.05) is 29.7 Å². The summed E-state index contributed by atoms with van der Waals surface area (Å²) in [4.78, 5) is 11.2. The number of hydrogen-bond acceptors (Lipinski definition) is 5. The van der Waals surface area contributed by atoms with Gasteiger partial charge in [-0.1, -0.05) is 6.07 Å². The maximum Gasteiger partial charge on any atom is 0.230 e. The minimum atomic E-state index is 0.630. The predicted octanol–water partition coefficient (Wildman–Crippen LogP) is 2.59. The summed E-state index contributed by atoms with van der Waals surface area (Å²) in [7, 11) is 1.66. The molecule has 5 heteroatoms. The molecule has 0 aliphatic heterocycles. The number of nitrogens with two attached hydrogens (primary N) is 1. The summed E-state index contributed by atoms with van der Waals surface area (Å²) >= 11 is 0. The van der Waals surface area contributed by atoms with Crippen molar-refractivity contribution in [2.24, 2.45) is 5.73 Å². The molecule has 0 saturated carbocycles. The Hall–Kier alpha value is -2.14. The van der Waals surface area contributed by atoms with Gasteiger partial charge in [-0.25, -0.2) is 9.97 Å². The first-order valence-electron chi connectivity index (χ1n) is 7.08. The molecule has 0 saturated heterocycles. The number of ether oxygens (including phenoxy) is 1. The third-order valence-electron chi connectivity index (χ3n) is 3.16. The van der Waals surface area contributed by atoms with Gasteiger partial charge >= 0.3 is 0 Å². The summed E-state index contributed by atoms with van der Waals surface area (Å²) in [5.41, 5.74) is 8.58. The SMILES string of the molecule is COc1cccc(N(CCCN)c2nc(C)cc(C)n2)c1. The van der Waals surface area contributed by atoms with E-state index in [1.807, 2.05) is 44.2 Å². The second-order valence-corrected chi connectivity index (χ2v) is 4.95. The zero-order chi connectivity index (χ0) is 15.2. The van der Waals surface area contributed by atoms with Gasteiger partial charge in [0.25, 0.3) is 0 Å². The summed E-state index contributed by atoms with van der Waals surface area (Å²) in [5, 5.41) is 0. The molecule has 2 N–H and O–H groups in total. The van der Waals surface area contributed by atoms with Gasteiger partial charge in [0.1, 0.15) is 5.75 Å². The number of benzene rings is 1. The number of hydrogen-bond donors (Lipinski definition) is 1. The second kappa shape index (κ2) is 7.04. The van der Waals surface area contributed by atoms with Crippen LogP contribution in [0.3, 0.4) is 0 Å². The molecule has 0 unspecified atom stereocenters. The molecule has 0 aliphatic carbocycles. The van der Waals surface area contributed by atoms with Crippen molar-refractivity contribution >= 4 is 11.6 Å². The number of aryl methyl sites for hydroxylation is 2. The van der Waals surface area contributed by atoms with Gasteiger partial charge in [0.05, 0.1) is 7.11 Å². The molecular weight excluding hydrogens is 264 g/mol. The molecule has 1 aromatic heterocycles. The van der Waals surface area contributed by atoms with Crippen molar-refractivity contribution in [2.75, 3.05) is 25.1 Å². The number of aromatic nitrogens is 2. The molecule has 0 fully saturated rings. The maximum atomic E-state index is 5.66. The molecule has 0 bridgehead atoms. The fraction of sp³-hybridized carbons (Fsp3) is 0.375. The third kappa shape index (κ3) is 3.92. The van der Waals surface area contributed by atoms with Gasteiger partial charge in [0.15, 0.2) is 0 Å². The van der Waals surface area contributed by atoms with Crippen molar-refractivity contribution in [3.05, 3.63) is 41.7 Å². The van der Waals surface area contributed by atoms with E-state index in [1.54, 1.807) is 7.11 Å². The van der Waals surface area contributed by atoms with Crippen molar-refractivity contribution in [1.29, 1.82) is 0 Å². The molecule has 0 aliphatic rings. The van der Waals surface area contributed by atoms with Crippen LogP contribution in [0.5, 0.6) is 5.75 Å². The fourth-order valence-corrected chi connectivity index (χ4v) is 2.20. The van der Waals surface area contributed by atoms with E-state index >= 15 is 0 Å². The molecule has 1 aromatic carbocycles. The Labute approximate surface area is 125 Å². The van der Waals surface area contributed by atoms with Crippen molar-refractivity contribution in [3.8, 4) is 5.75 Å². The van der Waals surface area contributed by atoms with E-state index in [0.717, 1.165) is 35.8 Å². The Morgan fingerprint density at radius 1 is 1.14 bits per heavy atom. The van der Waals surface area contributed by atoms with Crippen LogP contribution >= 0.6 is 0 Å². The molecule has 21 heavy (non-hydrogen) atoms. The quantitative estimate of drug-likeness (QED) is 0.884. The molecule has 0 radical (unpaired) electrons. The first-order chi connectivity index (χ1) is 10.1. The van der Waals surface area contributed by atoms with Crippen molar-refractivity contribution < 1.29 is 4.74 Å². The van der Waals surface area contributed by atoms with Gasteiger partial charge in [0.2, 0.25) is 5.95 Å². The van der Waals surface area contributed by atoms with Gasteiger partial charge in [-0.15, -0.1) is 0 Å². The van der Waals surface area contributed by atoms with Crippen LogP contribution in [0.2, 0.25) is 0 Å². The highest BCUT2D eigenvalue weighted by Crippen LogP contribution is 2.26. The summed E-state index contributed by atoms with van der Waals surface area (Å²) in [6.45, 7) is 5.35. The summed E-state index contributed by atoms with van der Waals surface area (Å²) < 4.78 is 5.30. The molecular formula is C16H22N4O. The lowest BCUT2D eigenvalue weighted by atomic mass is 10.2. The molecule has 0 amide bonds. The number of nitrogens with zero attached hydrogens (tertiary/aromatic N) is 3. The Morgan fingerprint density at radius 2 is 1.86 bits per heavy atom. The van der Waals surface area contributed by atoms with E-state index in [1.165, 1.54) is 0 Å². The Kier molecular flexibility index (Phi) is 5.11. The van der Waals surface area contributed by atoms with Gasteiger partial charge < -0.3 is 15.4 Å². The average Bonchev–Trinajstić information content (AvgIpc) is 2.47. The highest BCUT2D eigenvalue weighted by molar-refractivity contribution is 5.59. The van der Waals surface area contributed by atoms with Gasteiger partial charge in [-0.2, -0.15) is 0 Å². The van der Waals surface area contributed by atoms with E-state index in [9.17, 15) is 0 Å². The number of anilines is 2. The van der Waals surface area contributed by atoms with Crippen molar-refractivity contribution in [1.82, 2.24) is 9.97 Å². The molecule has 1 heterocycles. The van der Waals surface area contributed by atoms with Crippen LogP contribution < -0.4 is 15.4 Å². The number of methoxy groups -OCH3 is 1. The van der Waals surface area contributed by atoms with Crippen LogP contribution in [0.4, 0.5) is 11.6 Å². The molecule has 5 nitrogen and oxygen atoms in total. The lowest BCUT2D eigenvalue weighted by molar-refractivity contribution is 0.415. The Balaban J connectivity index is 2.41. The highest BCUT2D eigenvalue weighted by Gasteiger charge is 2.13. The smallest absolute Gasteiger partial charge is 0.230 e. The molecule has 0 atom stereocenters.